The van der Waals surface area contributed by atoms with E-state index < -0.39 is 5.82 Å². The van der Waals surface area contributed by atoms with Gasteiger partial charge in [0.2, 0.25) is 5.89 Å². The number of aryl methyl sites for hydroxylation is 1. The van der Waals surface area contributed by atoms with Crippen LogP contribution in [0.15, 0.2) is 41.3 Å². The van der Waals surface area contributed by atoms with Crippen LogP contribution in [0.5, 0.6) is 5.75 Å². The molecule has 0 saturated carbocycles. The zero-order valence-electron chi connectivity index (χ0n) is 14.6. The van der Waals surface area contributed by atoms with Gasteiger partial charge in [-0.15, -0.1) is 0 Å². The maximum Gasteiger partial charge on any atom is 0.223 e. The number of ether oxygens (including phenoxy) is 1. The highest BCUT2D eigenvalue weighted by Gasteiger charge is 2.13. The van der Waals surface area contributed by atoms with Crippen molar-refractivity contribution in [3.63, 3.8) is 0 Å². The van der Waals surface area contributed by atoms with Crippen molar-refractivity contribution in [3.05, 3.63) is 54.3 Å². The Morgan fingerprint density at radius 3 is 2.78 bits per heavy atom. The van der Waals surface area contributed by atoms with E-state index in [4.69, 9.17) is 9.26 Å². The second-order valence-electron chi connectivity index (χ2n) is 5.74. The third-order valence-corrected chi connectivity index (χ3v) is 3.93. The number of hydrogen-bond donors (Lipinski definition) is 1. The van der Waals surface area contributed by atoms with E-state index in [1.165, 1.54) is 18.6 Å². The summed E-state index contributed by atoms with van der Waals surface area (Å²) in [5.74, 6) is 1.76. The Morgan fingerprint density at radius 1 is 1.19 bits per heavy atom. The van der Waals surface area contributed by atoms with Crippen molar-refractivity contribution in [1.82, 2.24) is 25.1 Å². The van der Waals surface area contributed by atoms with Crippen LogP contribution in [-0.2, 0) is 6.54 Å². The molecule has 4 aromatic rings. The molecular weight excluding hydrogens is 351 g/mol. The third-order valence-electron chi connectivity index (χ3n) is 3.93. The summed E-state index contributed by atoms with van der Waals surface area (Å²) >= 11 is 0. The molecule has 0 aliphatic rings. The summed E-state index contributed by atoms with van der Waals surface area (Å²) in [6, 6.07) is 6.65. The Hall–Kier alpha value is -3.62. The van der Waals surface area contributed by atoms with E-state index in [9.17, 15) is 4.39 Å². The first kappa shape index (κ1) is 16.8. The summed E-state index contributed by atoms with van der Waals surface area (Å²) in [6.45, 7) is 2.06. The maximum atomic E-state index is 13.2. The van der Waals surface area contributed by atoms with E-state index in [0.29, 0.717) is 41.0 Å². The zero-order valence-corrected chi connectivity index (χ0v) is 14.6. The molecule has 0 fully saturated rings. The molecule has 1 aromatic carbocycles. The van der Waals surface area contributed by atoms with Gasteiger partial charge < -0.3 is 14.6 Å². The number of halogens is 1. The molecule has 0 spiro atoms. The van der Waals surface area contributed by atoms with Gasteiger partial charge >= 0.3 is 0 Å². The van der Waals surface area contributed by atoms with Crippen molar-refractivity contribution in [2.45, 2.75) is 13.5 Å². The Balaban J connectivity index is 1.77. The summed E-state index contributed by atoms with van der Waals surface area (Å²) in [5, 5.41) is 7.77. The average Bonchev–Trinajstić information content (AvgIpc) is 3.11. The molecule has 9 heteroatoms. The van der Waals surface area contributed by atoms with Gasteiger partial charge in [0, 0.05) is 17.9 Å². The molecule has 136 valence electrons. The minimum Gasteiger partial charge on any atom is -0.494 e. The largest absolute Gasteiger partial charge is 0.494 e. The lowest BCUT2D eigenvalue weighted by Crippen LogP contribution is -2.04. The van der Waals surface area contributed by atoms with Crippen molar-refractivity contribution in [1.29, 1.82) is 0 Å². The predicted octanol–water partition coefficient (Wildman–Crippen LogP) is 3.14. The summed E-state index contributed by atoms with van der Waals surface area (Å²) in [4.78, 5) is 16.9. The quantitative estimate of drug-likeness (QED) is 0.575. The molecular formula is C18H15FN6O2. The van der Waals surface area contributed by atoms with Gasteiger partial charge in [0.15, 0.2) is 5.82 Å². The van der Waals surface area contributed by atoms with E-state index in [1.807, 2.05) is 12.1 Å². The molecule has 0 amide bonds. The Morgan fingerprint density at radius 2 is 2.07 bits per heavy atom. The van der Waals surface area contributed by atoms with E-state index in [1.54, 1.807) is 20.1 Å². The molecule has 4 rings (SSSR count). The van der Waals surface area contributed by atoms with Gasteiger partial charge in [-0.3, -0.25) is 4.98 Å². The highest BCUT2D eigenvalue weighted by molar-refractivity contribution is 5.96. The van der Waals surface area contributed by atoms with Crippen LogP contribution in [0.4, 0.5) is 10.2 Å². The fourth-order valence-electron chi connectivity index (χ4n) is 2.70. The molecule has 0 aliphatic carbocycles. The molecule has 0 saturated heterocycles. The van der Waals surface area contributed by atoms with E-state index in [2.05, 4.69) is 30.4 Å². The standard InChI is InChI=1S/C18H15FN6O2/c1-10-24-16(25-27-10)8-21-18-13-5-11(14-4-3-12(19)7-20-14)6-15(26-2)17(13)22-9-23-18/h3-7,9H,8H2,1-2H3,(H,21,22,23). The van der Waals surface area contributed by atoms with E-state index >= 15 is 0 Å². The topological polar surface area (TPSA) is 98.8 Å². The van der Waals surface area contributed by atoms with Gasteiger partial charge in [0.1, 0.15) is 29.2 Å². The van der Waals surface area contributed by atoms with E-state index in [-0.39, 0.29) is 0 Å². The number of fused-ring (bicyclic) bond motifs is 1. The van der Waals surface area contributed by atoms with Crippen molar-refractivity contribution < 1.29 is 13.7 Å². The van der Waals surface area contributed by atoms with Crippen molar-refractivity contribution in [2.24, 2.45) is 0 Å². The number of aromatic nitrogens is 5. The highest BCUT2D eigenvalue weighted by Crippen LogP contribution is 2.33. The second-order valence-corrected chi connectivity index (χ2v) is 5.74. The van der Waals surface area contributed by atoms with Crippen LogP contribution < -0.4 is 10.1 Å². The minimum absolute atomic E-state index is 0.338. The lowest BCUT2D eigenvalue weighted by molar-refractivity contribution is 0.388. The zero-order chi connectivity index (χ0) is 18.8. The molecule has 27 heavy (non-hydrogen) atoms. The summed E-state index contributed by atoms with van der Waals surface area (Å²) < 4.78 is 23.6. The van der Waals surface area contributed by atoms with Gasteiger partial charge in [-0.25, -0.2) is 14.4 Å². The fourth-order valence-corrected chi connectivity index (χ4v) is 2.70. The van der Waals surface area contributed by atoms with Gasteiger partial charge in [0.25, 0.3) is 0 Å². The van der Waals surface area contributed by atoms with Gasteiger partial charge in [-0.1, -0.05) is 5.16 Å². The summed E-state index contributed by atoms with van der Waals surface area (Å²) in [5.41, 5.74) is 2.01. The minimum atomic E-state index is -0.396. The number of nitrogens with zero attached hydrogens (tertiary/aromatic N) is 5. The fraction of sp³-hybridized carbons (Fsp3) is 0.167. The molecule has 0 aliphatic heterocycles. The lowest BCUT2D eigenvalue weighted by atomic mass is 10.1. The molecule has 3 heterocycles. The normalized spacial score (nSPS) is 10.9. The van der Waals surface area contributed by atoms with Gasteiger partial charge in [0.05, 0.1) is 25.5 Å². The SMILES string of the molecule is COc1cc(-c2ccc(F)cn2)cc2c(NCc3noc(C)n3)ncnc12. The van der Waals surface area contributed by atoms with Crippen molar-refractivity contribution in [3.8, 4) is 17.0 Å². The van der Waals surface area contributed by atoms with Crippen LogP contribution >= 0.6 is 0 Å². The molecule has 0 atom stereocenters. The Labute approximate surface area is 153 Å². The number of nitrogens with one attached hydrogen (secondary N) is 1. The second kappa shape index (κ2) is 6.94. The van der Waals surface area contributed by atoms with Crippen LogP contribution in [0.3, 0.4) is 0 Å². The average molecular weight is 366 g/mol. The number of benzene rings is 1. The van der Waals surface area contributed by atoms with Crippen molar-refractivity contribution >= 4 is 16.7 Å². The number of pyridine rings is 1. The number of hydrogen-bond acceptors (Lipinski definition) is 8. The Kier molecular flexibility index (Phi) is 4.33. The monoisotopic (exact) mass is 366 g/mol. The lowest BCUT2D eigenvalue weighted by Gasteiger charge is -2.11. The molecule has 0 radical (unpaired) electrons. The Bertz CT molecular complexity index is 1100. The third kappa shape index (κ3) is 3.39. The molecule has 1 N–H and O–H groups in total. The van der Waals surface area contributed by atoms with Crippen molar-refractivity contribution in [2.75, 3.05) is 12.4 Å². The smallest absolute Gasteiger partial charge is 0.223 e. The molecule has 0 bridgehead atoms. The van der Waals surface area contributed by atoms with E-state index in [0.717, 1.165) is 10.9 Å². The summed E-state index contributed by atoms with van der Waals surface area (Å²) in [6.07, 6.45) is 2.62. The first-order valence-corrected chi connectivity index (χ1v) is 8.12. The highest BCUT2D eigenvalue weighted by atomic mass is 19.1. The van der Waals surface area contributed by atoms with Crippen LogP contribution in [0, 0.1) is 12.7 Å². The number of rotatable bonds is 5. The van der Waals surface area contributed by atoms with Gasteiger partial charge in [-0.2, -0.15) is 4.98 Å². The molecule has 8 nitrogen and oxygen atoms in total. The molecule has 0 unspecified atom stereocenters. The molecule has 3 aromatic heterocycles. The number of anilines is 1. The van der Waals surface area contributed by atoms with Crippen LogP contribution in [0.25, 0.3) is 22.2 Å². The van der Waals surface area contributed by atoms with Crippen LogP contribution in [0.2, 0.25) is 0 Å². The summed E-state index contributed by atoms with van der Waals surface area (Å²) in [7, 11) is 1.56. The first-order valence-electron chi connectivity index (χ1n) is 8.12. The number of methoxy groups -OCH3 is 1. The van der Waals surface area contributed by atoms with Crippen LogP contribution in [-0.4, -0.2) is 32.2 Å². The maximum absolute atomic E-state index is 13.2. The predicted molar refractivity (Wildman–Crippen MR) is 95.6 cm³/mol. The van der Waals surface area contributed by atoms with Gasteiger partial charge in [-0.05, 0) is 24.3 Å². The van der Waals surface area contributed by atoms with Crippen LogP contribution in [0.1, 0.15) is 11.7 Å². The first-order chi connectivity index (χ1) is 13.1.